The second-order valence-electron chi connectivity index (χ2n) is 16.1. The number of aliphatic carboxylic acids is 1. The number of halogens is 2. The molecule has 0 spiro atoms. The largest absolute Gasteiger partial charge is 0.481 e. The van der Waals surface area contributed by atoms with Crippen LogP contribution >= 0.6 is 23.2 Å². The number of anilines is 2. The topological polar surface area (TPSA) is 158 Å². The summed E-state index contributed by atoms with van der Waals surface area (Å²) >= 11 is 13.9. The van der Waals surface area contributed by atoms with Crippen LogP contribution < -0.4 is 10.6 Å². The van der Waals surface area contributed by atoms with Crippen LogP contribution in [0, 0.1) is 10.8 Å². The predicted octanol–water partition coefficient (Wildman–Crippen LogP) is 5.76. The Labute approximate surface area is 329 Å². The summed E-state index contributed by atoms with van der Waals surface area (Å²) in [7, 11) is 3.69. The second-order valence-corrected chi connectivity index (χ2v) is 16.8. The van der Waals surface area contributed by atoms with Crippen molar-refractivity contribution in [3.05, 3.63) is 80.9 Å². The zero-order chi connectivity index (χ0) is 38.8. The summed E-state index contributed by atoms with van der Waals surface area (Å²) in [6, 6.07) is 10.6. The lowest BCUT2D eigenvalue weighted by atomic mass is 9.81. The number of rotatable bonds is 10. The minimum atomic E-state index is -0.651. The van der Waals surface area contributed by atoms with Crippen LogP contribution in [0.25, 0.3) is 11.1 Å². The van der Waals surface area contributed by atoms with Gasteiger partial charge >= 0.3 is 5.97 Å². The van der Waals surface area contributed by atoms with Crippen LogP contribution in [0.3, 0.4) is 0 Å². The monoisotopic (exact) mass is 788 g/mol. The maximum Gasteiger partial charge on any atom is 0.309 e. The number of fused-ring (bicyclic) bond motifs is 4. The summed E-state index contributed by atoms with van der Waals surface area (Å²) in [5.74, 6) is -0.888. The first-order valence-electron chi connectivity index (χ1n) is 18.9. The molecule has 2 bridgehead atoms. The Morgan fingerprint density at radius 2 is 1.29 bits per heavy atom. The molecule has 55 heavy (non-hydrogen) atoms. The van der Waals surface area contributed by atoms with Crippen LogP contribution in [-0.2, 0) is 44.8 Å². The van der Waals surface area contributed by atoms with Crippen LogP contribution in [0.4, 0.5) is 11.4 Å². The van der Waals surface area contributed by atoms with Crippen molar-refractivity contribution < 1.29 is 24.6 Å². The van der Waals surface area contributed by atoms with Crippen molar-refractivity contribution in [2.45, 2.75) is 71.1 Å². The maximum atomic E-state index is 13.7. The van der Waals surface area contributed by atoms with Gasteiger partial charge in [0, 0.05) is 88.7 Å². The number of amides is 2. The van der Waals surface area contributed by atoms with Gasteiger partial charge in [-0.15, -0.1) is 0 Å². The van der Waals surface area contributed by atoms with E-state index in [0.29, 0.717) is 42.1 Å². The molecule has 2 aromatic heterocycles. The fraction of sp³-hybridized carbons (Fsp3) is 0.475. The summed E-state index contributed by atoms with van der Waals surface area (Å²) in [6.45, 7) is 5.93. The third-order valence-electron chi connectivity index (χ3n) is 12.4. The number of aromatic nitrogens is 4. The van der Waals surface area contributed by atoms with Crippen LogP contribution in [0.1, 0.15) is 83.0 Å². The highest BCUT2D eigenvalue weighted by molar-refractivity contribution is 6.40. The molecule has 290 valence electrons. The van der Waals surface area contributed by atoms with Crippen LogP contribution in [0.5, 0.6) is 0 Å². The summed E-state index contributed by atoms with van der Waals surface area (Å²) < 4.78 is 3.67. The molecule has 2 amide bonds. The van der Waals surface area contributed by atoms with Crippen LogP contribution in [0.15, 0.2) is 36.4 Å². The Hall–Kier alpha value is -4.27. The third kappa shape index (κ3) is 6.84. The number of carboxylic acid groups (broad SMARTS) is 1. The van der Waals surface area contributed by atoms with Gasteiger partial charge in [0.25, 0.3) is 11.8 Å². The van der Waals surface area contributed by atoms with Gasteiger partial charge in [0.1, 0.15) is 0 Å². The van der Waals surface area contributed by atoms with E-state index < -0.39 is 29.3 Å². The number of hydrogen-bond acceptors (Lipinski definition) is 8. The van der Waals surface area contributed by atoms with Crippen molar-refractivity contribution >= 4 is 52.4 Å². The predicted molar refractivity (Wildman–Crippen MR) is 209 cm³/mol. The van der Waals surface area contributed by atoms with E-state index in [2.05, 4.69) is 25.4 Å². The molecule has 2 saturated carbocycles. The van der Waals surface area contributed by atoms with Crippen molar-refractivity contribution in [2.75, 3.05) is 36.8 Å². The molecule has 4 N–H and O–H groups in total. The maximum absolute atomic E-state index is 13.7. The van der Waals surface area contributed by atoms with Crippen LogP contribution in [0.2, 0.25) is 10.0 Å². The molecule has 13 nitrogen and oxygen atoms in total. The quantitative estimate of drug-likeness (QED) is 0.157. The molecule has 4 aromatic rings. The number of nitrogens with zero attached hydrogens (tertiary/aromatic N) is 6. The molecule has 15 heteroatoms. The van der Waals surface area contributed by atoms with E-state index in [1.807, 2.05) is 23.2 Å². The fourth-order valence-corrected chi connectivity index (χ4v) is 10.1. The molecule has 0 radical (unpaired) electrons. The number of carbonyl (C=O) groups excluding carboxylic acids is 2. The summed E-state index contributed by atoms with van der Waals surface area (Å²) in [5, 5.41) is 26.2. The zero-order valence-electron chi connectivity index (χ0n) is 31.3. The molecule has 4 heterocycles. The number of benzene rings is 2. The van der Waals surface area contributed by atoms with E-state index in [1.54, 1.807) is 43.3 Å². The molecule has 2 aromatic carbocycles. The van der Waals surface area contributed by atoms with Crippen molar-refractivity contribution in [3.8, 4) is 11.1 Å². The molecule has 4 aliphatic rings. The fourth-order valence-electron chi connectivity index (χ4n) is 9.57. The molecule has 2 fully saturated rings. The van der Waals surface area contributed by atoms with Gasteiger partial charge in [-0.05, 0) is 56.6 Å². The average molecular weight is 790 g/mol. The standard InChI is InChI=1S/C40H46Cl2N8O5/c1-23(51)18-49-16-10-30-28(19-49)43-34(47(30)2)36(52)45-26-8-4-6-24(32(26)41)25-7-5-9-27(33(25)42)46-37(53)35-44-29-20-50(17-11-31(29)48(35)3)22-39-12-14-40(21-39,15-13-39)38(54)55/h4-9,23,51H,10-22H2,1-3H3,(H,45,52)(H,46,53)(H,54,55). The smallest absolute Gasteiger partial charge is 0.309 e. The number of β-amino-alcohol motifs (C(OH)–C–C–N with tert-alkyl or cyclic N) is 1. The molecule has 1 unspecified atom stereocenters. The van der Waals surface area contributed by atoms with Crippen molar-refractivity contribution in [2.24, 2.45) is 24.9 Å². The highest BCUT2D eigenvalue weighted by atomic mass is 35.5. The normalized spacial score (nSPS) is 22.7. The van der Waals surface area contributed by atoms with E-state index in [4.69, 9.17) is 28.2 Å². The first-order chi connectivity index (χ1) is 26.3. The Balaban J connectivity index is 0.959. The Morgan fingerprint density at radius 1 is 0.800 bits per heavy atom. The third-order valence-corrected chi connectivity index (χ3v) is 13.2. The van der Waals surface area contributed by atoms with Gasteiger partial charge in [0.2, 0.25) is 0 Å². The van der Waals surface area contributed by atoms with Gasteiger partial charge in [0.05, 0.1) is 44.3 Å². The first-order valence-corrected chi connectivity index (χ1v) is 19.7. The molecule has 2 aliphatic heterocycles. The molecule has 2 aliphatic carbocycles. The Morgan fingerprint density at radius 3 is 1.76 bits per heavy atom. The minimum absolute atomic E-state index is 0.0442. The number of carbonyl (C=O) groups is 3. The lowest BCUT2D eigenvalue weighted by molar-refractivity contribution is -0.148. The van der Waals surface area contributed by atoms with Gasteiger partial charge < -0.3 is 30.0 Å². The second kappa shape index (κ2) is 14.3. The van der Waals surface area contributed by atoms with E-state index in [-0.39, 0.29) is 27.1 Å². The summed E-state index contributed by atoms with van der Waals surface area (Å²) in [6.07, 6.45) is 5.17. The highest BCUT2D eigenvalue weighted by Gasteiger charge is 2.58. The molecule has 0 saturated heterocycles. The number of carboxylic acids is 1. The number of imidazole rings is 2. The molecular weight excluding hydrogens is 743 g/mol. The van der Waals surface area contributed by atoms with Gasteiger partial charge in [-0.1, -0.05) is 47.5 Å². The van der Waals surface area contributed by atoms with Crippen molar-refractivity contribution in [1.29, 1.82) is 0 Å². The van der Waals surface area contributed by atoms with E-state index in [1.165, 1.54) is 0 Å². The SMILES string of the molecule is CC(O)CN1CCc2c(nc(C(=O)Nc3cccc(-c4cccc(NC(=O)c5nc6c(n5C)CCN(CC57CCC(C(=O)O)(CC5)C7)C6)c4Cl)c3Cl)n2C)C1. The van der Waals surface area contributed by atoms with Crippen molar-refractivity contribution in [1.82, 2.24) is 28.9 Å². The number of hydrogen-bond donors (Lipinski definition) is 4. The van der Waals surface area contributed by atoms with E-state index in [9.17, 15) is 24.6 Å². The van der Waals surface area contributed by atoms with Crippen LogP contribution in [-0.4, -0.2) is 89.2 Å². The first kappa shape index (κ1) is 37.6. The van der Waals surface area contributed by atoms with E-state index in [0.717, 1.165) is 87.4 Å². The zero-order valence-corrected chi connectivity index (χ0v) is 32.8. The van der Waals surface area contributed by atoms with Gasteiger partial charge in [-0.2, -0.15) is 0 Å². The van der Waals surface area contributed by atoms with Crippen molar-refractivity contribution in [3.63, 3.8) is 0 Å². The minimum Gasteiger partial charge on any atom is -0.481 e. The Kier molecular flexibility index (Phi) is 9.82. The van der Waals surface area contributed by atoms with Gasteiger partial charge in [0.15, 0.2) is 11.6 Å². The number of aliphatic hydroxyl groups is 1. The summed E-state index contributed by atoms with van der Waals surface area (Å²) in [4.78, 5) is 53.2. The average Bonchev–Trinajstić information content (AvgIpc) is 3.90. The molecular formula is C40H46Cl2N8O5. The number of nitrogens with one attached hydrogen (secondary N) is 2. The molecule has 1 atom stereocenters. The Bertz CT molecular complexity index is 2200. The van der Waals surface area contributed by atoms with Gasteiger partial charge in [-0.25, -0.2) is 9.97 Å². The van der Waals surface area contributed by atoms with E-state index >= 15 is 0 Å². The lowest BCUT2D eigenvalue weighted by Crippen LogP contribution is -2.39. The lowest BCUT2D eigenvalue weighted by Gasteiger charge is -2.35. The van der Waals surface area contributed by atoms with Gasteiger partial charge in [-0.3, -0.25) is 24.2 Å². The highest BCUT2D eigenvalue weighted by Crippen LogP contribution is 2.62. The summed E-state index contributed by atoms with van der Waals surface area (Å²) in [5.41, 5.74) is 5.12. The molecule has 8 rings (SSSR count). The number of aliphatic hydroxyl groups excluding tert-OH is 1.